The average Bonchev–Trinajstić information content (AvgIpc) is 3.17. The Morgan fingerprint density at radius 1 is 0.821 bits per heavy atom. The summed E-state index contributed by atoms with van der Waals surface area (Å²) in [4.78, 5) is 112. The first-order chi connectivity index (χ1) is 37.1. The van der Waals surface area contributed by atoms with Gasteiger partial charge in [-0.1, -0.05) is 102 Å². The van der Waals surface area contributed by atoms with Gasteiger partial charge in [-0.05, 0) is 54.8 Å². The van der Waals surface area contributed by atoms with Crippen LogP contribution in [0.1, 0.15) is 86.7 Å². The molecule has 2 bridgehead atoms. The highest BCUT2D eigenvalue weighted by Crippen LogP contribution is 2.64. The number of aliphatic hydroxyl groups is 2. The van der Waals surface area contributed by atoms with Crippen molar-refractivity contribution in [3.05, 3.63) is 119 Å². The predicted molar refractivity (Wildman–Crippen MR) is 286 cm³/mol. The Morgan fingerprint density at radius 3 is 2.00 bits per heavy atom. The molecule has 2 amide bonds. The van der Waals surface area contributed by atoms with Crippen LogP contribution in [-0.2, 0) is 57.1 Å². The van der Waals surface area contributed by atoms with E-state index in [2.05, 4.69) is 23.3 Å². The molecule has 1 heterocycles. The van der Waals surface area contributed by atoms with E-state index < -0.39 is 125 Å². The molecular formula is C55H64N2O18S3. The molecular weight excluding hydrogens is 1070 g/mol. The number of fused-ring (bicyclic) bond motifs is 5. The fourth-order valence-electron chi connectivity index (χ4n) is 11.1. The van der Waals surface area contributed by atoms with Crippen LogP contribution in [-0.4, -0.2) is 149 Å². The Balaban J connectivity index is 1.30. The van der Waals surface area contributed by atoms with Gasteiger partial charge < -0.3 is 58.7 Å². The van der Waals surface area contributed by atoms with Crippen LogP contribution in [0, 0.1) is 16.7 Å². The summed E-state index contributed by atoms with van der Waals surface area (Å²) < 4.78 is 47.2. The molecule has 23 heteroatoms. The van der Waals surface area contributed by atoms with Gasteiger partial charge in [-0.25, -0.2) is 19.2 Å². The second-order valence-corrected chi connectivity index (χ2v) is 23.1. The number of benzene rings is 3. The van der Waals surface area contributed by atoms with Crippen LogP contribution in [0.15, 0.2) is 102 Å². The van der Waals surface area contributed by atoms with Crippen molar-refractivity contribution in [2.24, 2.45) is 16.7 Å². The highest BCUT2D eigenvalue weighted by molar-refractivity contribution is 8.76. The standard InChI is InChI=1S/C55H64N2O18S3/c1-31-37(72-49(64)43(73-51(66)69-24-27-78-77-26-23-68-50(65)56-22-25-76)41(34-16-10-7-11-17-34)57-47(62)35-18-12-8-13-19-35)29-55(67)46(74-48(63)36-20-14-9-15-21-36)44-53(6,38(60)28-39-54(44,30-70-39)75-33(3)59)45(61)42(71-32(2)58)40(31)52(55,4)5/h7-21,37-39,41-44,46,60,67,76H,22-30H2,1-6H3,(H,56,65)(H,57,62)/t37-,38-,39+,41-,42+,43+,44-,46-,53+,54-,55+/m0/s1. The third kappa shape index (κ3) is 12.3. The van der Waals surface area contributed by atoms with Crippen molar-refractivity contribution in [2.75, 3.05) is 43.6 Å². The molecule has 11 atom stereocenters. The highest BCUT2D eigenvalue weighted by Gasteiger charge is 2.78. The van der Waals surface area contributed by atoms with Gasteiger partial charge in [0.15, 0.2) is 17.5 Å². The number of ether oxygens (including phenoxy) is 8. The van der Waals surface area contributed by atoms with Crippen molar-refractivity contribution in [1.82, 2.24) is 10.6 Å². The molecule has 78 heavy (non-hydrogen) atoms. The van der Waals surface area contributed by atoms with Crippen LogP contribution in [0.3, 0.4) is 0 Å². The van der Waals surface area contributed by atoms with E-state index >= 15 is 9.59 Å². The average molecular weight is 1140 g/mol. The number of hydrogen-bond acceptors (Lipinski definition) is 21. The second-order valence-electron chi connectivity index (χ2n) is 20.0. The molecule has 4 N–H and O–H groups in total. The van der Waals surface area contributed by atoms with E-state index in [9.17, 15) is 39.0 Å². The first kappa shape index (κ1) is 59.5. The van der Waals surface area contributed by atoms with E-state index in [1.54, 1.807) is 66.7 Å². The van der Waals surface area contributed by atoms with E-state index in [4.69, 9.17) is 37.9 Å². The van der Waals surface area contributed by atoms with Crippen LogP contribution in [0.5, 0.6) is 0 Å². The van der Waals surface area contributed by atoms with Crippen molar-refractivity contribution in [1.29, 1.82) is 0 Å². The van der Waals surface area contributed by atoms with E-state index in [0.29, 0.717) is 18.1 Å². The number of carbonyl (C=O) groups is 8. The normalized spacial score (nSPS) is 27.5. The largest absolute Gasteiger partial charge is 0.509 e. The fraction of sp³-hybridized carbons (Fsp3) is 0.491. The molecule has 0 aromatic heterocycles. The van der Waals surface area contributed by atoms with Crippen LogP contribution in [0.25, 0.3) is 0 Å². The summed E-state index contributed by atoms with van der Waals surface area (Å²) in [6, 6.07) is 22.4. The quantitative estimate of drug-likeness (QED) is 0.0219. The monoisotopic (exact) mass is 1140 g/mol. The number of hydrogen-bond donors (Lipinski definition) is 5. The fourth-order valence-corrected chi connectivity index (χ4v) is 12.8. The van der Waals surface area contributed by atoms with Crippen molar-refractivity contribution in [3.8, 4) is 0 Å². The van der Waals surface area contributed by atoms with Crippen LogP contribution in [0.2, 0.25) is 0 Å². The number of ketones is 1. The van der Waals surface area contributed by atoms with E-state index in [0.717, 1.165) is 13.8 Å². The SMILES string of the molecule is CC(=O)O[C@H]1C(=O)[C@@]2(C)[C@H]([C@H](OC(=O)c3ccccc3)[C@]3(O)C[C@H](OC(=O)[C@H](OC(=O)OCCSSCCOC(=O)NCCS)[C@@H](NC(=O)c4ccccc4)c4ccccc4)C(C)=C1C3(C)C)[C@]1(OC(C)=O)CO[C@@H]1C[C@@H]2O. The Bertz CT molecular complexity index is 2730. The van der Waals surface area contributed by atoms with Gasteiger partial charge in [0, 0.05) is 61.5 Å². The summed E-state index contributed by atoms with van der Waals surface area (Å²) in [6.07, 6.45) is -13.0. The lowest BCUT2D eigenvalue weighted by Gasteiger charge is -2.67. The first-order valence-corrected chi connectivity index (χ1v) is 28.3. The molecule has 0 unspecified atom stereocenters. The molecule has 4 aliphatic rings. The minimum atomic E-state index is -2.50. The molecule has 420 valence electrons. The number of Topliss-reactive ketones (excluding diaryl/α,β-unsaturated/α-hetero) is 1. The summed E-state index contributed by atoms with van der Waals surface area (Å²) in [5.74, 6) is -6.12. The number of amides is 2. The molecule has 2 saturated carbocycles. The molecule has 1 saturated heterocycles. The van der Waals surface area contributed by atoms with Crippen molar-refractivity contribution in [3.63, 3.8) is 0 Å². The highest BCUT2D eigenvalue weighted by atomic mass is 33.1. The van der Waals surface area contributed by atoms with Crippen molar-refractivity contribution < 1.29 is 86.5 Å². The van der Waals surface area contributed by atoms with Crippen molar-refractivity contribution >= 4 is 82.0 Å². The van der Waals surface area contributed by atoms with Gasteiger partial charge in [0.05, 0.1) is 29.6 Å². The Labute approximate surface area is 464 Å². The summed E-state index contributed by atoms with van der Waals surface area (Å²) in [5, 5.41) is 31.6. The summed E-state index contributed by atoms with van der Waals surface area (Å²) in [5.41, 5.74) is -7.69. The lowest BCUT2D eigenvalue weighted by Crippen LogP contribution is -2.82. The Morgan fingerprint density at radius 2 is 1.42 bits per heavy atom. The predicted octanol–water partition coefficient (Wildman–Crippen LogP) is 5.93. The van der Waals surface area contributed by atoms with Gasteiger partial charge in [-0.15, -0.1) is 0 Å². The Hall–Kier alpha value is -6.11. The molecule has 1 aliphatic heterocycles. The number of carbonyl (C=O) groups excluding carboxylic acids is 8. The smallest absolute Gasteiger partial charge is 0.455 e. The van der Waals surface area contributed by atoms with Gasteiger partial charge in [-0.2, -0.15) is 12.6 Å². The number of esters is 4. The molecule has 3 aromatic rings. The minimum Gasteiger partial charge on any atom is -0.455 e. The zero-order chi connectivity index (χ0) is 56.6. The van der Waals surface area contributed by atoms with Crippen LogP contribution < -0.4 is 10.6 Å². The minimum absolute atomic E-state index is 0.0293. The maximum absolute atomic E-state index is 15.8. The molecule has 3 fully saturated rings. The van der Waals surface area contributed by atoms with Gasteiger partial charge in [0.1, 0.15) is 43.2 Å². The van der Waals surface area contributed by atoms with Gasteiger partial charge in [0.2, 0.25) is 6.10 Å². The van der Waals surface area contributed by atoms with Crippen LogP contribution >= 0.6 is 34.2 Å². The number of nitrogens with one attached hydrogen (secondary N) is 2. The number of aliphatic hydroxyl groups excluding tert-OH is 1. The summed E-state index contributed by atoms with van der Waals surface area (Å²) in [7, 11) is 2.65. The molecule has 0 radical (unpaired) electrons. The van der Waals surface area contributed by atoms with E-state index in [-0.39, 0.29) is 59.8 Å². The van der Waals surface area contributed by atoms with Gasteiger partial charge >= 0.3 is 36.1 Å². The molecule has 20 nitrogen and oxygen atoms in total. The molecule has 7 rings (SSSR count). The van der Waals surface area contributed by atoms with Gasteiger partial charge in [0.25, 0.3) is 5.91 Å². The topological polar surface area (TPSA) is 275 Å². The second kappa shape index (κ2) is 25.3. The zero-order valence-electron chi connectivity index (χ0n) is 43.8. The van der Waals surface area contributed by atoms with Gasteiger partial charge in [-0.3, -0.25) is 19.2 Å². The summed E-state index contributed by atoms with van der Waals surface area (Å²) in [6.45, 7) is 8.03. The van der Waals surface area contributed by atoms with E-state index in [1.165, 1.54) is 73.5 Å². The lowest BCUT2D eigenvalue weighted by atomic mass is 9.44. The summed E-state index contributed by atoms with van der Waals surface area (Å²) >= 11 is 4.04. The zero-order valence-corrected chi connectivity index (χ0v) is 46.4. The third-order valence-corrected chi connectivity index (χ3v) is 17.5. The molecule has 3 aromatic carbocycles. The third-order valence-electron chi connectivity index (χ3n) is 14.9. The first-order valence-electron chi connectivity index (χ1n) is 25.2. The van der Waals surface area contributed by atoms with E-state index in [1.807, 2.05) is 0 Å². The maximum Gasteiger partial charge on any atom is 0.509 e. The van der Waals surface area contributed by atoms with Crippen molar-refractivity contribution in [2.45, 2.75) is 108 Å². The maximum atomic E-state index is 15.8. The number of rotatable bonds is 20. The molecule has 0 spiro atoms. The lowest BCUT2D eigenvalue weighted by molar-refractivity contribution is -0.346. The Kier molecular flexibility index (Phi) is 19.3. The van der Waals surface area contributed by atoms with Crippen LogP contribution in [0.4, 0.5) is 9.59 Å². The molecule has 3 aliphatic carbocycles. The number of alkyl carbamates (subject to hydrolysis) is 1. The number of thiol groups is 1.